The Morgan fingerprint density at radius 2 is 1.74 bits per heavy atom. The Morgan fingerprint density at radius 3 is 2.48 bits per heavy atom. The van der Waals surface area contributed by atoms with Crippen molar-refractivity contribution in [1.82, 2.24) is 0 Å². The van der Waals surface area contributed by atoms with Crippen molar-refractivity contribution in [2.75, 3.05) is 13.2 Å². The Hall–Kier alpha value is -0.670. The Balaban J connectivity index is 1.49. The van der Waals surface area contributed by atoms with E-state index in [4.69, 9.17) is 9.47 Å². The molecule has 0 spiro atoms. The molecule has 3 nitrogen and oxygen atoms in total. The van der Waals surface area contributed by atoms with Gasteiger partial charge in [-0.15, -0.1) is 0 Å². The molecule has 0 N–H and O–H groups in total. The standard InChI is InChI=1S/C24H36O3/c1-15-13-16-14-17(25)7-9-22(16,2)19-8-10-23(3)18(21(15)19)5-6-20(23)24(4)26-11-12-27-24/h14-15,18-21H,5-13H2,1-4H3/t15-,18+,19+,20+,21+,22+,23+/m1/s1. The minimum absolute atomic E-state index is 0.259. The van der Waals surface area contributed by atoms with Gasteiger partial charge in [-0.3, -0.25) is 4.79 Å². The van der Waals surface area contributed by atoms with E-state index in [-0.39, 0.29) is 11.2 Å². The van der Waals surface area contributed by atoms with Gasteiger partial charge in [0.1, 0.15) is 0 Å². The number of rotatable bonds is 1. The maximum atomic E-state index is 12.1. The van der Waals surface area contributed by atoms with Gasteiger partial charge < -0.3 is 9.47 Å². The first-order chi connectivity index (χ1) is 12.8. The summed E-state index contributed by atoms with van der Waals surface area (Å²) in [5, 5.41) is 0. The summed E-state index contributed by atoms with van der Waals surface area (Å²) in [4.78, 5) is 12.1. The van der Waals surface area contributed by atoms with Gasteiger partial charge in [0.15, 0.2) is 11.6 Å². The van der Waals surface area contributed by atoms with Gasteiger partial charge in [0.05, 0.1) is 13.2 Å². The summed E-state index contributed by atoms with van der Waals surface area (Å²) in [5.41, 5.74) is 2.06. The van der Waals surface area contributed by atoms with Crippen molar-refractivity contribution in [3.63, 3.8) is 0 Å². The Labute approximate surface area is 164 Å². The van der Waals surface area contributed by atoms with Gasteiger partial charge in [0.2, 0.25) is 0 Å². The van der Waals surface area contributed by atoms with Crippen molar-refractivity contribution in [3.8, 4) is 0 Å². The van der Waals surface area contributed by atoms with E-state index in [1.807, 2.05) is 6.08 Å². The second kappa shape index (κ2) is 5.92. The van der Waals surface area contributed by atoms with Crippen LogP contribution in [0.15, 0.2) is 11.6 Å². The third-order valence-corrected chi connectivity index (χ3v) is 9.80. The molecule has 0 aromatic heterocycles. The zero-order valence-corrected chi connectivity index (χ0v) is 17.6. The summed E-state index contributed by atoms with van der Waals surface area (Å²) in [6.07, 6.45) is 10.1. The second-order valence-corrected chi connectivity index (χ2v) is 10.9. The van der Waals surface area contributed by atoms with E-state index >= 15 is 0 Å². The van der Waals surface area contributed by atoms with Crippen LogP contribution in [0.5, 0.6) is 0 Å². The number of allylic oxidation sites excluding steroid dienone is 1. The molecule has 3 heteroatoms. The van der Waals surface area contributed by atoms with Gasteiger partial charge in [-0.05, 0) is 86.0 Å². The van der Waals surface area contributed by atoms with Gasteiger partial charge in [-0.25, -0.2) is 0 Å². The van der Waals surface area contributed by atoms with E-state index in [0.29, 0.717) is 23.0 Å². The molecule has 4 fully saturated rings. The molecular weight excluding hydrogens is 336 g/mol. The highest BCUT2D eigenvalue weighted by Crippen LogP contribution is 2.69. The molecule has 0 aromatic carbocycles. The van der Waals surface area contributed by atoms with Crippen LogP contribution in [0.25, 0.3) is 0 Å². The van der Waals surface area contributed by atoms with E-state index in [2.05, 4.69) is 27.7 Å². The van der Waals surface area contributed by atoms with Crippen LogP contribution >= 0.6 is 0 Å². The maximum absolute atomic E-state index is 12.1. The number of hydrogen-bond acceptors (Lipinski definition) is 3. The van der Waals surface area contributed by atoms with Gasteiger partial charge in [-0.1, -0.05) is 26.3 Å². The van der Waals surface area contributed by atoms with Crippen LogP contribution in [-0.2, 0) is 14.3 Å². The molecule has 1 saturated heterocycles. The summed E-state index contributed by atoms with van der Waals surface area (Å²) in [6.45, 7) is 11.2. The lowest BCUT2D eigenvalue weighted by Crippen LogP contribution is -2.55. The monoisotopic (exact) mass is 372 g/mol. The maximum Gasteiger partial charge on any atom is 0.169 e. The van der Waals surface area contributed by atoms with Crippen molar-refractivity contribution in [1.29, 1.82) is 0 Å². The van der Waals surface area contributed by atoms with Gasteiger partial charge in [-0.2, -0.15) is 0 Å². The molecule has 7 atom stereocenters. The average Bonchev–Trinajstić information content (AvgIpc) is 3.20. The molecule has 5 rings (SSSR count). The summed E-state index contributed by atoms with van der Waals surface area (Å²) < 4.78 is 12.3. The highest BCUT2D eigenvalue weighted by molar-refractivity contribution is 5.91. The number of carbonyl (C=O) groups excluding carboxylic acids is 1. The predicted octanol–water partition coefficient (Wildman–Crippen LogP) is 5.14. The molecule has 1 heterocycles. The minimum atomic E-state index is -0.375. The Kier molecular flexibility index (Phi) is 4.03. The first-order valence-electron chi connectivity index (χ1n) is 11.3. The van der Waals surface area contributed by atoms with Crippen LogP contribution in [-0.4, -0.2) is 24.8 Å². The molecule has 1 aliphatic heterocycles. The predicted molar refractivity (Wildman–Crippen MR) is 105 cm³/mol. The van der Waals surface area contributed by atoms with Crippen LogP contribution < -0.4 is 0 Å². The smallest absolute Gasteiger partial charge is 0.169 e. The lowest BCUT2D eigenvalue weighted by molar-refractivity contribution is -0.216. The molecule has 0 aromatic rings. The summed E-state index contributed by atoms with van der Waals surface area (Å²) >= 11 is 0. The number of carbonyl (C=O) groups is 1. The number of ether oxygens (including phenoxy) is 2. The molecule has 150 valence electrons. The quantitative estimate of drug-likeness (QED) is 0.639. The van der Waals surface area contributed by atoms with Gasteiger partial charge >= 0.3 is 0 Å². The van der Waals surface area contributed by atoms with Crippen molar-refractivity contribution in [3.05, 3.63) is 11.6 Å². The highest BCUT2D eigenvalue weighted by Gasteiger charge is 2.64. The third kappa shape index (κ3) is 2.43. The van der Waals surface area contributed by atoms with Crippen molar-refractivity contribution >= 4 is 5.78 Å². The van der Waals surface area contributed by atoms with Crippen molar-refractivity contribution in [2.45, 2.75) is 78.4 Å². The summed E-state index contributed by atoms with van der Waals surface area (Å²) in [6, 6.07) is 0. The number of hydrogen-bond donors (Lipinski definition) is 0. The Morgan fingerprint density at radius 1 is 1.00 bits per heavy atom. The fourth-order valence-corrected chi connectivity index (χ4v) is 8.50. The number of fused-ring (bicyclic) bond motifs is 5. The Bertz CT molecular complexity index is 675. The van der Waals surface area contributed by atoms with Crippen molar-refractivity contribution in [2.24, 2.45) is 40.4 Å². The van der Waals surface area contributed by atoms with E-state index in [1.54, 1.807) is 0 Å². The topological polar surface area (TPSA) is 35.5 Å². The lowest BCUT2D eigenvalue weighted by atomic mass is 9.44. The van der Waals surface area contributed by atoms with Crippen molar-refractivity contribution < 1.29 is 14.3 Å². The molecule has 0 bridgehead atoms. The fraction of sp³-hybridized carbons (Fsp3) is 0.875. The van der Waals surface area contributed by atoms with Crippen LogP contribution in [0.2, 0.25) is 0 Å². The van der Waals surface area contributed by atoms with E-state index in [0.717, 1.165) is 50.2 Å². The third-order valence-electron chi connectivity index (χ3n) is 9.80. The summed E-state index contributed by atoms with van der Waals surface area (Å²) in [7, 11) is 0. The molecule has 5 aliphatic rings. The van der Waals surface area contributed by atoms with Crippen LogP contribution in [0.4, 0.5) is 0 Å². The molecule has 27 heavy (non-hydrogen) atoms. The molecule has 0 radical (unpaired) electrons. The average molecular weight is 373 g/mol. The molecular formula is C24H36O3. The fourth-order valence-electron chi connectivity index (χ4n) is 8.50. The zero-order chi connectivity index (χ0) is 19.0. The molecule has 3 saturated carbocycles. The van der Waals surface area contributed by atoms with Crippen LogP contribution in [0.1, 0.15) is 72.6 Å². The first-order valence-corrected chi connectivity index (χ1v) is 11.3. The van der Waals surface area contributed by atoms with Gasteiger partial charge in [0.25, 0.3) is 0 Å². The normalized spacial score (nSPS) is 51.3. The van der Waals surface area contributed by atoms with Crippen LogP contribution in [0.3, 0.4) is 0 Å². The minimum Gasteiger partial charge on any atom is -0.348 e. The molecule has 0 amide bonds. The molecule has 4 aliphatic carbocycles. The van der Waals surface area contributed by atoms with Crippen LogP contribution in [0, 0.1) is 40.4 Å². The van der Waals surface area contributed by atoms with E-state index in [1.165, 1.54) is 31.3 Å². The lowest BCUT2D eigenvalue weighted by Gasteiger charge is -2.60. The molecule has 0 unspecified atom stereocenters. The van der Waals surface area contributed by atoms with E-state index in [9.17, 15) is 4.79 Å². The summed E-state index contributed by atoms with van der Waals surface area (Å²) in [5.74, 6) is 3.49. The van der Waals surface area contributed by atoms with E-state index < -0.39 is 0 Å². The second-order valence-electron chi connectivity index (χ2n) is 10.9. The first kappa shape index (κ1) is 18.4. The van der Waals surface area contributed by atoms with Gasteiger partial charge in [0, 0.05) is 12.3 Å². The largest absolute Gasteiger partial charge is 0.348 e. The highest BCUT2D eigenvalue weighted by atomic mass is 16.7. The number of ketones is 1. The zero-order valence-electron chi connectivity index (χ0n) is 17.6. The SMILES string of the molecule is C[C@@H]1CC2=CC(=O)CC[C@]2(C)[C@H]2CC[C@]3(C)[C@@H](C4(C)OCCO4)CC[C@H]3[C@H]12.